The highest BCUT2D eigenvalue weighted by Crippen LogP contribution is 2.35. The summed E-state index contributed by atoms with van der Waals surface area (Å²) in [6.45, 7) is 4.34. The smallest absolute Gasteiger partial charge is 0.161 e. The lowest BCUT2D eigenvalue weighted by molar-refractivity contribution is 0.310. The van der Waals surface area contributed by atoms with Gasteiger partial charge in [0, 0.05) is 23.9 Å². The van der Waals surface area contributed by atoms with Gasteiger partial charge in [0.2, 0.25) is 0 Å². The van der Waals surface area contributed by atoms with Gasteiger partial charge in [0.25, 0.3) is 0 Å². The van der Waals surface area contributed by atoms with Gasteiger partial charge in [0.15, 0.2) is 11.5 Å². The fourth-order valence-electron chi connectivity index (χ4n) is 3.83. The van der Waals surface area contributed by atoms with Crippen molar-refractivity contribution >= 4 is 15.5 Å². The Morgan fingerprint density at radius 3 is 2.44 bits per heavy atom. The number of methoxy groups -OCH3 is 1. The maximum Gasteiger partial charge on any atom is 0.161 e. The predicted octanol–water partition coefficient (Wildman–Crippen LogP) is 4.42. The first-order valence-electron chi connectivity index (χ1n) is 10.5. The van der Waals surface area contributed by atoms with Crippen molar-refractivity contribution in [2.75, 3.05) is 31.5 Å². The molecular formula is C25H30N2O4S. The Kier molecular flexibility index (Phi) is 7.40. The number of rotatable bonds is 9. The molecule has 0 bridgehead atoms. The number of hydrogen-bond donors (Lipinski definition) is 1. The normalized spacial score (nSPS) is 12.4. The van der Waals surface area contributed by atoms with Crippen molar-refractivity contribution < 1.29 is 17.9 Å². The lowest BCUT2D eigenvalue weighted by Crippen LogP contribution is -2.17. The standard InChI is InChI=1S/C25H30N2O4S/c1-5-31-24-14-19(11-12-23(24)30-3)20(16-32(4,28)29)13-22-25(26)17(2)21(15-27-22)18-9-7-6-8-10-18/h6-12,14-15,20H,5,13,16,26H2,1-4H3/t20-/m1/s1. The zero-order valence-corrected chi connectivity index (χ0v) is 19.8. The van der Waals surface area contributed by atoms with E-state index in [1.807, 2.05) is 62.5 Å². The third-order valence-electron chi connectivity index (χ3n) is 5.46. The van der Waals surface area contributed by atoms with Crippen LogP contribution >= 0.6 is 0 Å². The number of nitrogens with two attached hydrogens (primary N) is 1. The van der Waals surface area contributed by atoms with E-state index in [1.54, 1.807) is 13.2 Å². The van der Waals surface area contributed by atoms with Crippen LogP contribution in [0.5, 0.6) is 11.5 Å². The van der Waals surface area contributed by atoms with Gasteiger partial charge in [-0.1, -0.05) is 36.4 Å². The molecule has 1 aromatic heterocycles. The zero-order chi connectivity index (χ0) is 23.3. The third-order valence-corrected chi connectivity index (χ3v) is 6.46. The summed E-state index contributed by atoms with van der Waals surface area (Å²) in [6, 6.07) is 15.5. The fraction of sp³-hybridized carbons (Fsp3) is 0.320. The van der Waals surface area contributed by atoms with Gasteiger partial charge in [-0.25, -0.2) is 8.42 Å². The third kappa shape index (κ3) is 5.59. The summed E-state index contributed by atoms with van der Waals surface area (Å²) in [4.78, 5) is 4.63. The highest BCUT2D eigenvalue weighted by molar-refractivity contribution is 7.90. The minimum Gasteiger partial charge on any atom is -0.493 e. The van der Waals surface area contributed by atoms with Crippen molar-refractivity contribution in [3.8, 4) is 22.6 Å². The Balaban J connectivity index is 2.00. The molecule has 170 valence electrons. The van der Waals surface area contributed by atoms with E-state index in [-0.39, 0.29) is 11.7 Å². The zero-order valence-electron chi connectivity index (χ0n) is 19.0. The van der Waals surface area contributed by atoms with Crippen LogP contribution in [0.2, 0.25) is 0 Å². The van der Waals surface area contributed by atoms with Crippen LogP contribution in [0, 0.1) is 6.92 Å². The summed E-state index contributed by atoms with van der Waals surface area (Å²) in [5, 5.41) is 0. The van der Waals surface area contributed by atoms with Crippen LogP contribution < -0.4 is 15.2 Å². The van der Waals surface area contributed by atoms with Crippen molar-refractivity contribution in [1.82, 2.24) is 4.98 Å². The van der Waals surface area contributed by atoms with Gasteiger partial charge in [-0.3, -0.25) is 4.98 Å². The largest absolute Gasteiger partial charge is 0.493 e. The number of benzene rings is 2. The second kappa shape index (κ2) is 10.0. The average Bonchev–Trinajstić information content (AvgIpc) is 2.76. The van der Waals surface area contributed by atoms with Gasteiger partial charge in [0.1, 0.15) is 9.84 Å². The van der Waals surface area contributed by atoms with Crippen LogP contribution in [0.1, 0.15) is 29.7 Å². The molecular weight excluding hydrogens is 424 g/mol. The molecule has 0 radical (unpaired) electrons. The van der Waals surface area contributed by atoms with Crippen molar-refractivity contribution in [3.05, 3.63) is 71.5 Å². The van der Waals surface area contributed by atoms with E-state index in [2.05, 4.69) is 4.98 Å². The molecule has 3 aromatic rings. The molecule has 1 heterocycles. The van der Waals surface area contributed by atoms with E-state index < -0.39 is 9.84 Å². The molecule has 3 rings (SSSR count). The minimum absolute atomic E-state index is 0.0223. The highest BCUT2D eigenvalue weighted by atomic mass is 32.2. The minimum atomic E-state index is -3.25. The summed E-state index contributed by atoms with van der Waals surface area (Å²) in [6.07, 6.45) is 3.45. The Bertz CT molecular complexity index is 1180. The Hall–Kier alpha value is -3.06. The molecule has 0 fully saturated rings. The van der Waals surface area contributed by atoms with Crippen LogP contribution in [-0.4, -0.2) is 39.1 Å². The summed E-state index contributed by atoms with van der Waals surface area (Å²) in [5.74, 6) is 0.842. The van der Waals surface area contributed by atoms with E-state index in [1.165, 1.54) is 6.26 Å². The number of sulfone groups is 1. The first-order valence-corrected chi connectivity index (χ1v) is 12.6. The topological polar surface area (TPSA) is 91.5 Å². The van der Waals surface area contributed by atoms with Crippen molar-refractivity contribution in [2.24, 2.45) is 0 Å². The molecule has 1 atom stereocenters. The first kappa shape index (κ1) is 23.6. The van der Waals surface area contributed by atoms with Crippen molar-refractivity contribution in [2.45, 2.75) is 26.2 Å². The number of nitrogens with zero attached hydrogens (tertiary/aromatic N) is 1. The van der Waals surface area contributed by atoms with Gasteiger partial charge in [0.05, 0.1) is 30.9 Å². The summed E-state index contributed by atoms with van der Waals surface area (Å²) in [7, 11) is -1.67. The van der Waals surface area contributed by atoms with Gasteiger partial charge >= 0.3 is 0 Å². The van der Waals surface area contributed by atoms with Crippen molar-refractivity contribution in [1.29, 1.82) is 0 Å². The van der Waals surface area contributed by atoms with E-state index >= 15 is 0 Å². The van der Waals surface area contributed by atoms with Gasteiger partial charge in [-0.05, 0) is 49.1 Å². The lowest BCUT2D eigenvalue weighted by atomic mass is 9.93. The van der Waals surface area contributed by atoms with Gasteiger partial charge < -0.3 is 15.2 Å². The maximum atomic E-state index is 12.2. The van der Waals surface area contributed by atoms with Crippen molar-refractivity contribution in [3.63, 3.8) is 0 Å². The van der Waals surface area contributed by atoms with Crippen LogP contribution in [0.15, 0.2) is 54.7 Å². The molecule has 0 unspecified atom stereocenters. The number of aromatic nitrogens is 1. The molecule has 0 aliphatic heterocycles. The summed E-state index contributed by atoms with van der Waals surface area (Å²) in [5.41, 5.74) is 11.5. The lowest BCUT2D eigenvalue weighted by Gasteiger charge is -2.20. The van der Waals surface area contributed by atoms with Gasteiger partial charge in [-0.2, -0.15) is 0 Å². The highest BCUT2D eigenvalue weighted by Gasteiger charge is 2.22. The van der Waals surface area contributed by atoms with Gasteiger partial charge in [-0.15, -0.1) is 0 Å². The Morgan fingerprint density at radius 1 is 1.09 bits per heavy atom. The Labute approximate surface area is 190 Å². The summed E-state index contributed by atoms with van der Waals surface area (Å²) >= 11 is 0. The first-order chi connectivity index (χ1) is 15.2. The summed E-state index contributed by atoms with van der Waals surface area (Å²) < 4.78 is 35.5. The van der Waals surface area contributed by atoms with Crippen LogP contribution in [0.4, 0.5) is 5.69 Å². The number of nitrogen functional groups attached to an aromatic ring is 1. The Morgan fingerprint density at radius 2 is 1.81 bits per heavy atom. The maximum absolute atomic E-state index is 12.2. The molecule has 0 aliphatic carbocycles. The molecule has 0 amide bonds. The second-order valence-corrected chi connectivity index (χ2v) is 10.0. The van der Waals surface area contributed by atoms with E-state index in [0.717, 1.165) is 22.3 Å². The number of pyridine rings is 1. The molecule has 0 spiro atoms. The second-order valence-electron chi connectivity index (χ2n) is 7.86. The molecule has 0 aliphatic rings. The molecule has 7 heteroatoms. The number of ether oxygens (including phenoxy) is 2. The molecule has 32 heavy (non-hydrogen) atoms. The van der Waals surface area contributed by atoms with Crippen LogP contribution in [-0.2, 0) is 16.3 Å². The fourth-order valence-corrected chi connectivity index (χ4v) is 4.87. The monoisotopic (exact) mass is 454 g/mol. The van der Waals surface area contributed by atoms with Crippen LogP contribution in [0.25, 0.3) is 11.1 Å². The number of hydrogen-bond acceptors (Lipinski definition) is 6. The molecule has 6 nitrogen and oxygen atoms in total. The molecule has 0 saturated heterocycles. The number of anilines is 1. The van der Waals surface area contributed by atoms with E-state index in [9.17, 15) is 8.42 Å². The predicted molar refractivity (Wildman–Crippen MR) is 129 cm³/mol. The van der Waals surface area contributed by atoms with Crippen LogP contribution in [0.3, 0.4) is 0 Å². The van der Waals surface area contributed by atoms with E-state index in [0.29, 0.717) is 35.9 Å². The average molecular weight is 455 g/mol. The molecule has 0 saturated carbocycles. The van der Waals surface area contributed by atoms with E-state index in [4.69, 9.17) is 15.2 Å². The quantitative estimate of drug-likeness (QED) is 0.515. The SMILES string of the molecule is CCOc1cc([C@H](Cc2ncc(-c3ccccc3)c(C)c2N)CS(C)(=O)=O)ccc1OC. The molecule has 2 N–H and O–H groups in total. The molecule has 2 aromatic carbocycles.